The van der Waals surface area contributed by atoms with Crippen LogP contribution >= 0.6 is 11.6 Å². The van der Waals surface area contributed by atoms with E-state index in [1.807, 2.05) is 44.4 Å². The summed E-state index contributed by atoms with van der Waals surface area (Å²) in [6.07, 6.45) is 1.14. The first kappa shape index (κ1) is 27.1. The number of aromatic nitrogens is 3. The Morgan fingerprint density at radius 2 is 1.84 bits per heavy atom. The van der Waals surface area contributed by atoms with Crippen molar-refractivity contribution < 1.29 is 9.50 Å². The van der Waals surface area contributed by atoms with Crippen LogP contribution < -0.4 is 10.2 Å². The Morgan fingerprint density at radius 1 is 1.05 bits per heavy atom. The van der Waals surface area contributed by atoms with Gasteiger partial charge >= 0.3 is 0 Å². The number of benzene rings is 3. The minimum Gasteiger partial charge on any atom is -0.508 e. The fourth-order valence-corrected chi connectivity index (χ4v) is 7.72. The summed E-state index contributed by atoms with van der Waals surface area (Å²) in [7, 11) is 8.27. The molecule has 3 aromatic carbocycles. The van der Waals surface area contributed by atoms with Gasteiger partial charge in [0.1, 0.15) is 22.6 Å². The van der Waals surface area contributed by atoms with E-state index in [0.717, 1.165) is 53.7 Å². The van der Waals surface area contributed by atoms with Gasteiger partial charge < -0.3 is 29.7 Å². The van der Waals surface area contributed by atoms with Gasteiger partial charge in [-0.1, -0.05) is 35.9 Å². The normalized spacial score (nSPS) is 22.0. The number of aromatic hydroxyl groups is 1. The summed E-state index contributed by atoms with van der Waals surface area (Å²) in [5.74, 6) is 1.76. The number of phenols is 1. The molecule has 9 rings (SSSR count). The second-order valence-corrected chi connectivity index (χ2v) is 13.4. The minimum absolute atomic E-state index is 0.0584. The van der Waals surface area contributed by atoms with Crippen molar-refractivity contribution in [1.29, 1.82) is 0 Å². The molecule has 0 amide bonds. The molecule has 0 radical (unpaired) electrons. The molecular weight excluding hydrogens is 565 g/mol. The molecule has 3 atom stereocenters. The van der Waals surface area contributed by atoms with Crippen molar-refractivity contribution in [3.05, 3.63) is 59.1 Å². The van der Waals surface area contributed by atoms with Crippen molar-refractivity contribution in [1.82, 2.24) is 29.7 Å². The molecule has 5 heterocycles. The van der Waals surface area contributed by atoms with Crippen LogP contribution in [0, 0.1) is 11.7 Å². The number of halogens is 2. The lowest BCUT2D eigenvalue weighted by molar-refractivity contribution is 0.215. The molecule has 43 heavy (non-hydrogen) atoms. The number of imidazole rings is 1. The van der Waals surface area contributed by atoms with Gasteiger partial charge in [0.25, 0.3) is 0 Å². The predicted molar refractivity (Wildman–Crippen MR) is 171 cm³/mol. The third-order valence-electron chi connectivity index (χ3n) is 9.72. The maximum Gasteiger partial charge on any atom is 0.158 e. The van der Waals surface area contributed by atoms with Gasteiger partial charge in [-0.25, -0.2) is 14.4 Å². The van der Waals surface area contributed by atoms with Gasteiger partial charge in [0.2, 0.25) is 0 Å². The van der Waals surface area contributed by atoms with Crippen LogP contribution in [0.5, 0.6) is 5.75 Å². The van der Waals surface area contributed by atoms with Crippen molar-refractivity contribution in [3.8, 4) is 16.9 Å². The van der Waals surface area contributed by atoms with Gasteiger partial charge in [-0.3, -0.25) is 0 Å². The summed E-state index contributed by atoms with van der Waals surface area (Å²) in [6.45, 7) is 3.24. The first-order chi connectivity index (χ1) is 20.7. The van der Waals surface area contributed by atoms with E-state index in [2.05, 4.69) is 38.7 Å². The Kier molecular flexibility index (Phi) is 6.14. The number of hydrogen-bond acceptors (Lipinski definition) is 7. The Morgan fingerprint density at radius 3 is 2.53 bits per heavy atom. The largest absolute Gasteiger partial charge is 0.508 e. The van der Waals surface area contributed by atoms with E-state index in [0.29, 0.717) is 41.3 Å². The molecule has 3 unspecified atom stereocenters. The molecular formula is C33H35ClFN7O. The van der Waals surface area contributed by atoms with Gasteiger partial charge in [-0.2, -0.15) is 0 Å². The molecule has 1 saturated carbocycles. The maximum absolute atomic E-state index is 17.1. The number of nitrogens with one attached hydrogen (secondary N) is 1. The smallest absolute Gasteiger partial charge is 0.158 e. The molecule has 2 N–H and O–H groups in total. The third kappa shape index (κ3) is 4.05. The van der Waals surface area contributed by atoms with Crippen molar-refractivity contribution >= 4 is 50.1 Å². The average molecular weight is 600 g/mol. The zero-order chi connectivity index (χ0) is 29.7. The zero-order valence-corrected chi connectivity index (χ0v) is 25.5. The monoisotopic (exact) mass is 599 g/mol. The molecule has 3 aliphatic heterocycles. The number of phenolic OH excluding ortho intramolecular Hbond substituents is 1. The zero-order valence-electron chi connectivity index (χ0n) is 24.8. The fraction of sp³-hybridized carbons (Fsp3) is 0.394. The molecule has 10 heteroatoms. The first-order valence-electron chi connectivity index (χ1n) is 14.9. The van der Waals surface area contributed by atoms with E-state index in [9.17, 15) is 5.11 Å². The second-order valence-electron chi connectivity index (χ2n) is 12.9. The number of likely N-dealkylation sites (N-methyl/N-ethyl adjacent to an activating group) is 1. The van der Waals surface area contributed by atoms with Crippen molar-refractivity contribution in [2.45, 2.75) is 31.1 Å². The Balaban J connectivity index is 1.43. The molecule has 8 nitrogen and oxygen atoms in total. The van der Waals surface area contributed by atoms with Gasteiger partial charge in [0.05, 0.1) is 23.1 Å². The van der Waals surface area contributed by atoms with Crippen LogP contribution in [0.2, 0.25) is 5.02 Å². The molecule has 5 aromatic rings. The van der Waals surface area contributed by atoms with E-state index in [1.54, 1.807) is 12.1 Å². The quantitative estimate of drug-likeness (QED) is 0.276. The van der Waals surface area contributed by atoms with Crippen LogP contribution in [0.25, 0.3) is 43.8 Å². The van der Waals surface area contributed by atoms with Crippen LogP contribution in [-0.2, 0) is 6.54 Å². The fourth-order valence-electron chi connectivity index (χ4n) is 7.43. The average Bonchev–Trinajstić information content (AvgIpc) is 3.64. The molecule has 3 saturated heterocycles. The van der Waals surface area contributed by atoms with Gasteiger partial charge in [0.15, 0.2) is 11.6 Å². The highest BCUT2D eigenvalue weighted by atomic mass is 35.5. The number of rotatable bonds is 6. The van der Waals surface area contributed by atoms with Crippen LogP contribution in [0.1, 0.15) is 18.3 Å². The molecule has 0 spiro atoms. The summed E-state index contributed by atoms with van der Waals surface area (Å²) < 4.78 is 19.4. The SMILES string of the molecule is CN(C)Cc1nc2c(N3CC(N(C)C)C3)nc3c(F)c(-c4cc(O)cc5ccccc45)c(Cl)cc3c2n1C1C2CNC1C2. The van der Waals surface area contributed by atoms with Crippen molar-refractivity contribution in [2.75, 3.05) is 52.7 Å². The van der Waals surface area contributed by atoms with E-state index in [-0.39, 0.29) is 27.9 Å². The number of hydrogen-bond donors (Lipinski definition) is 2. The van der Waals surface area contributed by atoms with Crippen LogP contribution in [-0.4, -0.2) is 89.4 Å². The standard InChI is InChI=1S/C33H35ClFN7O/c1-39(2)16-26-37-30-32(42(26)31-18-10-25(31)36-13-18)23-12-24(34)27(22-11-20(43)9-17-7-5-6-8-21(17)22)28(35)29(23)38-33(30)41-14-19(15-41)40(3)4/h5-9,11-12,18-19,25,31,36,43H,10,13-16H2,1-4H3. The van der Waals surface area contributed by atoms with E-state index in [1.165, 1.54) is 0 Å². The summed E-state index contributed by atoms with van der Waals surface area (Å²) >= 11 is 7.02. The lowest BCUT2D eigenvalue weighted by atomic mass is 9.79. The molecule has 2 bridgehead atoms. The Hall–Kier alpha value is -3.50. The molecule has 2 aromatic heterocycles. The maximum atomic E-state index is 17.1. The third-order valence-corrected chi connectivity index (χ3v) is 10.0. The summed E-state index contributed by atoms with van der Waals surface area (Å²) in [4.78, 5) is 16.9. The van der Waals surface area contributed by atoms with E-state index in [4.69, 9.17) is 21.6 Å². The van der Waals surface area contributed by atoms with Crippen molar-refractivity contribution in [3.63, 3.8) is 0 Å². The Bertz CT molecular complexity index is 1920. The lowest BCUT2D eigenvalue weighted by Gasteiger charge is -2.43. The second kappa shape index (κ2) is 9.75. The molecule has 1 aliphatic carbocycles. The predicted octanol–water partition coefficient (Wildman–Crippen LogP) is 5.25. The highest BCUT2D eigenvalue weighted by Gasteiger charge is 2.49. The topological polar surface area (TPSA) is 72.7 Å². The highest BCUT2D eigenvalue weighted by Crippen LogP contribution is 2.49. The minimum atomic E-state index is -0.484. The van der Waals surface area contributed by atoms with Gasteiger partial charge in [-0.05, 0) is 75.1 Å². The first-order valence-corrected chi connectivity index (χ1v) is 15.3. The summed E-state index contributed by atoms with van der Waals surface area (Å²) in [5.41, 5.74) is 2.78. The van der Waals surface area contributed by atoms with E-state index < -0.39 is 5.82 Å². The van der Waals surface area contributed by atoms with Gasteiger partial charge in [0, 0.05) is 42.7 Å². The number of anilines is 1. The number of nitrogens with zero attached hydrogens (tertiary/aromatic N) is 6. The molecule has 4 aliphatic rings. The molecule has 4 fully saturated rings. The van der Waals surface area contributed by atoms with Crippen LogP contribution in [0.3, 0.4) is 0 Å². The van der Waals surface area contributed by atoms with E-state index >= 15 is 4.39 Å². The van der Waals surface area contributed by atoms with Gasteiger partial charge in [-0.15, -0.1) is 0 Å². The lowest BCUT2D eigenvalue weighted by Crippen LogP contribution is -2.57. The highest BCUT2D eigenvalue weighted by molar-refractivity contribution is 6.35. The molecule has 222 valence electrons. The number of pyridine rings is 1. The Labute approximate surface area is 254 Å². The van der Waals surface area contributed by atoms with Crippen LogP contribution in [0.4, 0.5) is 10.2 Å². The summed E-state index contributed by atoms with van der Waals surface area (Å²) in [6, 6.07) is 13.8. The van der Waals surface area contributed by atoms with Crippen LogP contribution in [0.15, 0.2) is 42.5 Å². The van der Waals surface area contributed by atoms with Crippen molar-refractivity contribution in [2.24, 2.45) is 5.92 Å². The summed E-state index contributed by atoms with van der Waals surface area (Å²) in [5, 5.41) is 16.8. The number of fused-ring (bicyclic) bond motifs is 5.